The lowest BCUT2D eigenvalue weighted by atomic mass is 9.96. The summed E-state index contributed by atoms with van der Waals surface area (Å²) in [5.41, 5.74) is 2.26. The molecule has 0 fully saturated rings. The molecule has 0 unspecified atom stereocenters. The van der Waals surface area contributed by atoms with Crippen molar-refractivity contribution in [1.82, 2.24) is 15.3 Å². The molecule has 0 bridgehead atoms. The topological polar surface area (TPSA) is 57.8 Å². The SMILES string of the molecule is CC(C)[C@@H](NCc1nc2sc(-c3ccccc3)cc2c(=O)[nH]1)c1ccccc1. The number of aromatic amines is 1. The van der Waals surface area contributed by atoms with Gasteiger partial charge in [0.25, 0.3) is 5.56 Å². The predicted molar refractivity (Wildman–Crippen MR) is 117 cm³/mol. The first-order valence-corrected chi connectivity index (χ1v) is 10.3. The fourth-order valence-corrected chi connectivity index (χ4v) is 4.47. The average Bonchev–Trinajstić information content (AvgIpc) is 3.14. The highest BCUT2D eigenvalue weighted by Gasteiger charge is 2.16. The van der Waals surface area contributed by atoms with Crippen molar-refractivity contribution < 1.29 is 0 Å². The molecule has 2 heterocycles. The second kappa shape index (κ2) is 8.09. The zero-order valence-corrected chi connectivity index (χ0v) is 16.8. The van der Waals surface area contributed by atoms with Crippen LogP contribution in [-0.4, -0.2) is 9.97 Å². The van der Waals surface area contributed by atoms with Gasteiger partial charge in [-0.3, -0.25) is 4.79 Å². The number of thiophene rings is 1. The second-order valence-electron chi connectivity index (χ2n) is 7.22. The van der Waals surface area contributed by atoms with Crippen LogP contribution in [0.4, 0.5) is 0 Å². The van der Waals surface area contributed by atoms with Gasteiger partial charge < -0.3 is 10.3 Å². The molecule has 0 saturated carbocycles. The minimum Gasteiger partial charge on any atom is -0.309 e. The summed E-state index contributed by atoms with van der Waals surface area (Å²) in [4.78, 5) is 22.1. The third-order valence-electron chi connectivity index (χ3n) is 4.82. The maximum atomic E-state index is 12.6. The van der Waals surface area contributed by atoms with Crippen molar-refractivity contribution in [2.24, 2.45) is 5.92 Å². The van der Waals surface area contributed by atoms with E-state index in [1.54, 1.807) is 11.3 Å². The molecule has 4 rings (SSSR count). The molecule has 0 saturated heterocycles. The molecule has 0 aliphatic heterocycles. The first-order valence-electron chi connectivity index (χ1n) is 9.48. The number of benzene rings is 2. The Morgan fingerprint density at radius 1 is 1.04 bits per heavy atom. The largest absolute Gasteiger partial charge is 0.309 e. The highest BCUT2D eigenvalue weighted by atomic mass is 32.1. The summed E-state index contributed by atoms with van der Waals surface area (Å²) in [5, 5.41) is 4.20. The number of H-pyrrole nitrogens is 1. The lowest BCUT2D eigenvalue weighted by Gasteiger charge is -2.22. The van der Waals surface area contributed by atoms with Crippen LogP contribution in [0.1, 0.15) is 31.3 Å². The van der Waals surface area contributed by atoms with Gasteiger partial charge in [0.2, 0.25) is 0 Å². The minimum absolute atomic E-state index is 0.0824. The standard InChI is InChI=1S/C23H23N3OS/c1-15(2)21(17-11-7-4-8-12-17)24-14-20-25-22(27)18-13-19(28-23(18)26-20)16-9-5-3-6-10-16/h3-13,15,21,24H,14H2,1-2H3,(H,25,26,27)/t21-/m1/s1. The Morgan fingerprint density at radius 3 is 2.39 bits per heavy atom. The molecule has 1 atom stereocenters. The Hall–Kier alpha value is -2.76. The first-order chi connectivity index (χ1) is 13.6. The summed E-state index contributed by atoms with van der Waals surface area (Å²) in [6.07, 6.45) is 0. The Kier molecular flexibility index (Phi) is 5.37. The number of nitrogens with zero attached hydrogens (tertiary/aromatic N) is 1. The van der Waals surface area contributed by atoms with Gasteiger partial charge in [-0.15, -0.1) is 11.3 Å². The number of fused-ring (bicyclic) bond motifs is 1. The van der Waals surface area contributed by atoms with E-state index in [0.717, 1.165) is 15.3 Å². The van der Waals surface area contributed by atoms with E-state index >= 15 is 0 Å². The molecular weight excluding hydrogens is 366 g/mol. The second-order valence-corrected chi connectivity index (χ2v) is 8.25. The Morgan fingerprint density at radius 2 is 1.71 bits per heavy atom. The average molecular weight is 390 g/mol. The predicted octanol–water partition coefficient (Wildman–Crippen LogP) is 5.14. The lowest BCUT2D eigenvalue weighted by molar-refractivity contribution is 0.406. The van der Waals surface area contributed by atoms with E-state index in [0.29, 0.717) is 23.7 Å². The smallest absolute Gasteiger partial charge is 0.259 e. The fraction of sp³-hybridized carbons (Fsp3) is 0.217. The van der Waals surface area contributed by atoms with Crippen LogP contribution in [0.25, 0.3) is 20.7 Å². The van der Waals surface area contributed by atoms with Gasteiger partial charge in [0.1, 0.15) is 10.7 Å². The number of hydrogen-bond acceptors (Lipinski definition) is 4. The van der Waals surface area contributed by atoms with E-state index in [1.165, 1.54) is 5.56 Å². The quantitative estimate of drug-likeness (QED) is 0.480. The van der Waals surface area contributed by atoms with Crippen molar-refractivity contribution in [3.8, 4) is 10.4 Å². The van der Waals surface area contributed by atoms with Crippen LogP contribution in [0.15, 0.2) is 71.5 Å². The van der Waals surface area contributed by atoms with E-state index < -0.39 is 0 Å². The van der Waals surface area contributed by atoms with Crippen LogP contribution in [0.3, 0.4) is 0 Å². The maximum Gasteiger partial charge on any atom is 0.259 e. The summed E-state index contributed by atoms with van der Waals surface area (Å²) in [5.74, 6) is 1.09. The van der Waals surface area contributed by atoms with Crippen molar-refractivity contribution in [2.45, 2.75) is 26.4 Å². The molecule has 5 heteroatoms. The van der Waals surface area contributed by atoms with E-state index in [-0.39, 0.29) is 11.6 Å². The first kappa shape index (κ1) is 18.6. The third kappa shape index (κ3) is 3.91. The molecule has 0 aliphatic carbocycles. The Labute approximate surface area is 168 Å². The van der Waals surface area contributed by atoms with Crippen molar-refractivity contribution >= 4 is 21.6 Å². The number of aromatic nitrogens is 2. The fourth-order valence-electron chi connectivity index (χ4n) is 3.41. The zero-order valence-electron chi connectivity index (χ0n) is 16.0. The summed E-state index contributed by atoms with van der Waals surface area (Å²) in [6.45, 7) is 4.90. The van der Waals surface area contributed by atoms with Crippen LogP contribution >= 0.6 is 11.3 Å². The van der Waals surface area contributed by atoms with Gasteiger partial charge in [-0.2, -0.15) is 0 Å². The van der Waals surface area contributed by atoms with Gasteiger partial charge >= 0.3 is 0 Å². The molecule has 28 heavy (non-hydrogen) atoms. The highest BCUT2D eigenvalue weighted by Crippen LogP contribution is 2.30. The molecule has 4 aromatic rings. The van der Waals surface area contributed by atoms with Crippen LogP contribution in [0.5, 0.6) is 0 Å². The van der Waals surface area contributed by atoms with E-state index in [1.807, 2.05) is 30.3 Å². The van der Waals surface area contributed by atoms with E-state index in [4.69, 9.17) is 4.98 Å². The van der Waals surface area contributed by atoms with Gasteiger partial charge in [-0.05, 0) is 23.1 Å². The highest BCUT2D eigenvalue weighted by molar-refractivity contribution is 7.21. The van der Waals surface area contributed by atoms with Crippen LogP contribution in [-0.2, 0) is 6.54 Å². The molecule has 0 amide bonds. The molecule has 0 spiro atoms. The normalized spacial score (nSPS) is 12.5. The van der Waals surface area contributed by atoms with Crippen LogP contribution < -0.4 is 10.9 Å². The Balaban J connectivity index is 1.60. The number of hydrogen-bond donors (Lipinski definition) is 2. The molecule has 4 nitrogen and oxygen atoms in total. The maximum absolute atomic E-state index is 12.6. The Bertz CT molecular complexity index is 1120. The summed E-state index contributed by atoms with van der Waals surface area (Å²) in [7, 11) is 0. The van der Waals surface area contributed by atoms with Gasteiger partial charge in [0.15, 0.2) is 0 Å². The van der Waals surface area contributed by atoms with Crippen molar-refractivity contribution in [1.29, 1.82) is 0 Å². The molecule has 0 aliphatic rings. The van der Waals surface area contributed by atoms with Crippen molar-refractivity contribution in [3.05, 3.63) is 88.5 Å². The monoisotopic (exact) mass is 389 g/mol. The molecule has 2 aromatic heterocycles. The molecule has 142 valence electrons. The zero-order chi connectivity index (χ0) is 19.5. The third-order valence-corrected chi connectivity index (χ3v) is 5.90. The molecular formula is C23H23N3OS. The van der Waals surface area contributed by atoms with E-state index in [2.05, 4.69) is 60.5 Å². The van der Waals surface area contributed by atoms with Crippen molar-refractivity contribution in [3.63, 3.8) is 0 Å². The van der Waals surface area contributed by atoms with E-state index in [9.17, 15) is 4.79 Å². The van der Waals surface area contributed by atoms with Gasteiger partial charge in [0, 0.05) is 10.9 Å². The van der Waals surface area contributed by atoms with Gasteiger partial charge in [-0.1, -0.05) is 74.5 Å². The number of nitrogens with one attached hydrogen (secondary N) is 2. The van der Waals surface area contributed by atoms with Gasteiger partial charge in [-0.25, -0.2) is 4.98 Å². The minimum atomic E-state index is -0.0824. The summed E-state index contributed by atoms with van der Waals surface area (Å²) >= 11 is 1.56. The van der Waals surface area contributed by atoms with Crippen molar-refractivity contribution in [2.75, 3.05) is 0 Å². The van der Waals surface area contributed by atoms with Crippen LogP contribution in [0, 0.1) is 5.92 Å². The molecule has 2 aromatic carbocycles. The summed E-state index contributed by atoms with van der Waals surface area (Å²) in [6, 6.07) is 22.6. The molecule has 0 radical (unpaired) electrons. The van der Waals surface area contributed by atoms with Crippen LogP contribution in [0.2, 0.25) is 0 Å². The summed E-state index contributed by atoms with van der Waals surface area (Å²) < 4.78 is 0. The molecule has 2 N–H and O–H groups in total. The van der Waals surface area contributed by atoms with Gasteiger partial charge in [0.05, 0.1) is 11.9 Å². The number of rotatable bonds is 6. The lowest BCUT2D eigenvalue weighted by Crippen LogP contribution is -2.27.